The number of carbonyl (C=O) groups excluding carboxylic acids is 2. The van der Waals surface area contributed by atoms with Crippen molar-refractivity contribution in [2.45, 2.75) is 33.4 Å². The van der Waals surface area contributed by atoms with E-state index in [0.717, 1.165) is 0 Å². The lowest BCUT2D eigenvalue weighted by molar-refractivity contribution is 0.0378. The van der Waals surface area contributed by atoms with Crippen LogP contribution in [0.1, 0.15) is 36.7 Å². The lowest BCUT2D eigenvalue weighted by Crippen LogP contribution is -2.13. The number of anilines is 1. The minimum atomic E-state index is -0.605. The molecule has 2 aromatic heterocycles. The molecule has 1 N–H and O–H groups in total. The zero-order chi connectivity index (χ0) is 24.9. The van der Waals surface area contributed by atoms with Crippen molar-refractivity contribution < 1.29 is 23.5 Å². The molecule has 11 nitrogen and oxygen atoms in total. The van der Waals surface area contributed by atoms with Gasteiger partial charge in [0.1, 0.15) is 5.58 Å². The van der Waals surface area contributed by atoms with Crippen molar-refractivity contribution in [2.75, 3.05) is 11.9 Å². The predicted octanol–water partition coefficient (Wildman–Crippen LogP) is 3.63. The standard InChI is InChI=1S/C24H23N5O6/c1-4-33-24(32)25-18-8-9-19-17(11-21(30)35-20(19)12-18)13-29-27-22(26-28-29)15-6-5-7-16(10-15)23(31)34-14(2)3/h5-12,14H,4,13H2,1-3H3,(H,25,32). The molecule has 0 aliphatic carbocycles. The van der Waals surface area contributed by atoms with Gasteiger partial charge >= 0.3 is 17.7 Å². The van der Waals surface area contributed by atoms with Crippen LogP contribution in [0, 0.1) is 0 Å². The molecule has 180 valence electrons. The molecule has 4 rings (SSSR count). The van der Waals surface area contributed by atoms with Crippen molar-refractivity contribution in [1.29, 1.82) is 0 Å². The molecule has 1 amide bonds. The summed E-state index contributed by atoms with van der Waals surface area (Å²) >= 11 is 0. The topological polar surface area (TPSA) is 138 Å². The Bertz CT molecular complexity index is 1440. The average molecular weight is 477 g/mol. The van der Waals surface area contributed by atoms with Crippen LogP contribution < -0.4 is 10.9 Å². The van der Waals surface area contributed by atoms with Gasteiger partial charge in [-0.15, -0.1) is 10.2 Å². The van der Waals surface area contributed by atoms with Crippen LogP contribution in [0.4, 0.5) is 10.5 Å². The number of carbonyl (C=O) groups is 2. The Morgan fingerprint density at radius 3 is 2.74 bits per heavy atom. The van der Waals surface area contributed by atoms with E-state index < -0.39 is 17.7 Å². The molecule has 0 saturated heterocycles. The van der Waals surface area contributed by atoms with E-state index in [9.17, 15) is 14.4 Å². The molecule has 35 heavy (non-hydrogen) atoms. The van der Waals surface area contributed by atoms with E-state index in [-0.39, 0.29) is 19.3 Å². The van der Waals surface area contributed by atoms with Crippen LogP contribution in [0.3, 0.4) is 0 Å². The Labute approximate surface area is 199 Å². The molecule has 0 radical (unpaired) electrons. The normalized spacial score (nSPS) is 11.0. The quantitative estimate of drug-likeness (QED) is 0.312. The first-order chi connectivity index (χ1) is 16.8. The van der Waals surface area contributed by atoms with E-state index in [1.807, 2.05) is 0 Å². The van der Waals surface area contributed by atoms with Crippen LogP contribution in [-0.2, 0) is 16.0 Å². The second-order valence-corrected chi connectivity index (χ2v) is 7.83. The van der Waals surface area contributed by atoms with Crippen LogP contribution in [0.15, 0.2) is 57.7 Å². The summed E-state index contributed by atoms with van der Waals surface area (Å²) in [5.74, 6) is -0.120. The maximum absolute atomic E-state index is 12.2. The smallest absolute Gasteiger partial charge is 0.411 e. The first-order valence-corrected chi connectivity index (χ1v) is 10.9. The van der Waals surface area contributed by atoms with Gasteiger partial charge in [-0.1, -0.05) is 12.1 Å². The fourth-order valence-corrected chi connectivity index (χ4v) is 3.37. The van der Waals surface area contributed by atoms with Crippen LogP contribution in [0.25, 0.3) is 22.4 Å². The van der Waals surface area contributed by atoms with Crippen LogP contribution in [-0.4, -0.2) is 45.0 Å². The fourth-order valence-electron chi connectivity index (χ4n) is 3.37. The zero-order valence-electron chi connectivity index (χ0n) is 19.3. The van der Waals surface area contributed by atoms with Gasteiger partial charge in [0, 0.05) is 28.8 Å². The van der Waals surface area contributed by atoms with Crippen molar-refractivity contribution >= 4 is 28.7 Å². The highest BCUT2D eigenvalue weighted by Gasteiger charge is 2.14. The highest BCUT2D eigenvalue weighted by atomic mass is 16.5. The van der Waals surface area contributed by atoms with Crippen LogP contribution >= 0.6 is 0 Å². The average Bonchev–Trinajstić information content (AvgIpc) is 3.27. The molecule has 2 aromatic carbocycles. The number of esters is 1. The Morgan fingerprint density at radius 1 is 1.14 bits per heavy atom. The van der Waals surface area contributed by atoms with Crippen molar-refractivity contribution in [3.05, 3.63) is 70.1 Å². The second-order valence-electron chi connectivity index (χ2n) is 7.83. The van der Waals surface area contributed by atoms with E-state index in [0.29, 0.717) is 39.2 Å². The molecule has 0 unspecified atom stereocenters. The largest absolute Gasteiger partial charge is 0.459 e. The molecule has 2 heterocycles. The number of aromatic nitrogens is 4. The van der Waals surface area contributed by atoms with E-state index in [2.05, 4.69) is 20.7 Å². The van der Waals surface area contributed by atoms with Gasteiger partial charge in [-0.3, -0.25) is 5.32 Å². The number of rotatable bonds is 7. The van der Waals surface area contributed by atoms with Gasteiger partial charge < -0.3 is 13.9 Å². The van der Waals surface area contributed by atoms with Gasteiger partial charge in [-0.2, -0.15) is 4.80 Å². The van der Waals surface area contributed by atoms with Gasteiger partial charge in [0.15, 0.2) is 0 Å². The number of benzene rings is 2. The Hall–Kier alpha value is -4.54. The predicted molar refractivity (Wildman–Crippen MR) is 126 cm³/mol. The zero-order valence-corrected chi connectivity index (χ0v) is 19.3. The minimum absolute atomic E-state index is 0.148. The summed E-state index contributed by atoms with van der Waals surface area (Å²) in [5.41, 5.74) is 1.74. The van der Waals surface area contributed by atoms with Crippen molar-refractivity contribution in [2.24, 2.45) is 0 Å². The summed E-state index contributed by atoms with van der Waals surface area (Å²) in [7, 11) is 0. The molecule has 0 fully saturated rings. The summed E-state index contributed by atoms with van der Waals surface area (Å²) in [4.78, 5) is 37.4. The number of tetrazole rings is 1. The molecule has 0 aliphatic rings. The Morgan fingerprint density at radius 2 is 1.97 bits per heavy atom. The summed E-state index contributed by atoms with van der Waals surface area (Å²) in [6.45, 7) is 5.64. The van der Waals surface area contributed by atoms with E-state index in [4.69, 9.17) is 13.9 Å². The minimum Gasteiger partial charge on any atom is -0.459 e. The summed E-state index contributed by atoms with van der Waals surface area (Å²) in [6, 6.07) is 13.0. The molecule has 4 aromatic rings. The molecule has 0 atom stereocenters. The monoisotopic (exact) mass is 477 g/mol. The lowest BCUT2D eigenvalue weighted by Gasteiger charge is -2.08. The second kappa shape index (κ2) is 10.2. The van der Waals surface area contributed by atoms with E-state index in [1.54, 1.807) is 63.2 Å². The number of hydrogen-bond donors (Lipinski definition) is 1. The SMILES string of the molecule is CCOC(=O)Nc1ccc2c(Cn3nnc(-c4cccc(C(=O)OC(C)C)c4)n3)cc(=O)oc2c1. The van der Waals surface area contributed by atoms with Crippen molar-refractivity contribution in [3.63, 3.8) is 0 Å². The van der Waals surface area contributed by atoms with Gasteiger partial charge in [-0.05, 0) is 55.8 Å². The molecule has 0 saturated carbocycles. The third kappa shape index (κ3) is 5.69. The number of ether oxygens (including phenoxy) is 2. The number of fused-ring (bicyclic) bond motifs is 1. The number of nitrogens with zero attached hydrogens (tertiary/aromatic N) is 4. The molecule has 11 heteroatoms. The summed E-state index contributed by atoms with van der Waals surface area (Å²) in [5, 5.41) is 15.8. The Balaban J connectivity index is 1.58. The van der Waals surface area contributed by atoms with Crippen molar-refractivity contribution in [1.82, 2.24) is 20.2 Å². The molecule has 0 aliphatic heterocycles. The lowest BCUT2D eigenvalue weighted by atomic mass is 10.1. The van der Waals surface area contributed by atoms with Gasteiger partial charge in [0.05, 0.1) is 24.8 Å². The third-order valence-corrected chi connectivity index (χ3v) is 4.82. The van der Waals surface area contributed by atoms with Gasteiger partial charge in [0.2, 0.25) is 5.82 Å². The molecule has 0 spiro atoms. The van der Waals surface area contributed by atoms with Crippen molar-refractivity contribution in [3.8, 4) is 11.4 Å². The highest BCUT2D eigenvalue weighted by Crippen LogP contribution is 2.23. The summed E-state index contributed by atoms with van der Waals surface area (Å²) < 4.78 is 15.4. The number of hydrogen-bond acceptors (Lipinski definition) is 9. The van der Waals surface area contributed by atoms with Gasteiger partial charge in [-0.25, -0.2) is 14.4 Å². The van der Waals surface area contributed by atoms with E-state index in [1.165, 1.54) is 10.9 Å². The van der Waals surface area contributed by atoms with Crippen LogP contribution in [0.2, 0.25) is 0 Å². The van der Waals surface area contributed by atoms with E-state index >= 15 is 0 Å². The number of amides is 1. The first-order valence-electron chi connectivity index (χ1n) is 10.9. The Kier molecular flexibility index (Phi) is 6.86. The maximum atomic E-state index is 12.2. The maximum Gasteiger partial charge on any atom is 0.411 e. The molecular weight excluding hydrogens is 454 g/mol. The molecule has 0 bridgehead atoms. The highest BCUT2D eigenvalue weighted by molar-refractivity contribution is 5.91. The third-order valence-electron chi connectivity index (χ3n) is 4.82. The first kappa shape index (κ1) is 23.6. The number of nitrogens with one attached hydrogen (secondary N) is 1. The molecular formula is C24H23N5O6. The van der Waals surface area contributed by atoms with Crippen LogP contribution in [0.5, 0.6) is 0 Å². The fraction of sp³-hybridized carbons (Fsp3) is 0.250. The summed E-state index contributed by atoms with van der Waals surface area (Å²) in [6.07, 6.45) is -0.841. The van der Waals surface area contributed by atoms with Gasteiger partial charge in [0.25, 0.3) is 0 Å².